The van der Waals surface area contributed by atoms with Gasteiger partial charge in [0.25, 0.3) is 5.91 Å². The predicted molar refractivity (Wildman–Crippen MR) is 137 cm³/mol. The molecule has 0 saturated heterocycles. The highest BCUT2D eigenvalue weighted by Gasteiger charge is 2.13. The smallest absolute Gasteiger partial charge is 0.257 e. The molecule has 0 spiro atoms. The molecular formula is C27H21N3O2S. The van der Waals surface area contributed by atoms with E-state index in [1.54, 1.807) is 6.07 Å². The van der Waals surface area contributed by atoms with Crippen molar-refractivity contribution in [3.8, 4) is 11.5 Å². The minimum absolute atomic E-state index is 0.214. The Morgan fingerprint density at radius 3 is 2.55 bits per heavy atom. The number of fused-ring (bicyclic) bond motifs is 2. The van der Waals surface area contributed by atoms with Gasteiger partial charge in [-0.05, 0) is 78.8 Å². The van der Waals surface area contributed by atoms with Crippen molar-refractivity contribution in [1.82, 2.24) is 10.3 Å². The van der Waals surface area contributed by atoms with E-state index in [2.05, 4.69) is 28.6 Å². The number of oxazole rings is 1. The zero-order valence-electron chi connectivity index (χ0n) is 18.2. The zero-order valence-corrected chi connectivity index (χ0v) is 19.0. The van der Waals surface area contributed by atoms with Crippen LogP contribution < -0.4 is 10.6 Å². The van der Waals surface area contributed by atoms with Gasteiger partial charge in [0.15, 0.2) is 10.7 Å². The molecule has 0 fully saturated rings. The van der Waals surface area contributed by atoms with Crippen LogP contribution in [0.5, 0.6) is 0 Å². The number of carbonyl (C=O) groups excluding carboxylic acids is 1. The molecule has 1 amide bonds. The fourth-order valence-corrected chi connectivity index (χ4v) is 4.05. The van der Waals surface area contributed by atoms with E-state index in [9.17, 15) is 4.79 Å². The number of hydrogen-bond donors (Lipinski definition) is 2. The SMILES string of the molecule is Cc1ccc(-c2nc3cc(NC(=S)NC(=O)c4ccc5ccccc5c4)ccc3o2)c(C)c1. The maximum atomic E-state index is 12.7. The highest BCUT2D eigenvalue weighted by molar-refractivity contribution is 7.80. The van der Waals surface area contributed by atoms with Crippen molar-refractivity contribution in [3.63, 3.8) is 0 Å². The number of nitrogens with one attached hydrogen (secondary N) is 2. The second-order valence-electron chi connectivity index (χ2n) is 7.99. The van der Waals surface area contributed by atoms with Gasteiger partial charge in [0.05, 0.1) is 0 Å². The molecule has 0 unspecified atom stereocenters. The number of thiocarbonyl (C=S) groups is 1. The molecule has 0 aliphatic carbocycles. The summed E-state index contributed by atoms with van der Waals surface area (Å²) in [5, 5.41) is 8.09. The highest BCUT2D eigenvalue weighted by Crippen LogP contribution is 2.28. The van der Waals surface area contributed by atoms with Crippen LogP contribution in [-0.4, -0.2) is 16.0 Å². The molecule has 4 aromatic carbocycles. The first kappa shape index (κ1) is 20.8. The minimum atomic E-state index is -0.266. The Bertz CT molecular complexity index is 1540. The molecular weight excluding hydrogens is 430 g/mol. The van der Waals surface area contributed by atoms with Crippen LogP contribution in [0, 0.1) is 13.8 Å². The number of rotatable bonds is 3. The quantitative estimate of drug-likeness (QED) is 0.311. The van der Waals surface area contributed by atoms with Crippen molar-refractivity contribution in [3.05, 3.63) is 95.6 Å². The maximum Gasteiger partial charge on any atom is 0.257 e. The lowest BCUT2D eigenvalue weighted by atomic mass is 10.1. The Morgan fingerprint density at radius 2 is 1.73 bits per heavy atom. The standard InChI is InChI=1S/C27H21N3O2S/c1-16-7-11-22(17(2)13-16)26-29-23-15-21(10-12-24(23)32-26)28-27(33)30-25(31)20-9-8-18-5-3-4-6-19(18)14-20/h3-15H,1-2H3,(H2,28,30,31,33). The summed E-state index contributed by atoms with van der Waals surface area (Å²) < 4.78 is 5.95. The van der Waals surface area contributed by atoms with E-state index in [1.807, 2.05) is 73.7 Å². The van der Waals surface area contributed by atoms with Crippen LogP contribution in [-0.2, 0) is 0 Å². The molecule has 5 aromatic rings. The molecule has 0 bridgehead atoms. The van der Waals surface area contributed by atoms with Crippen molar-refractivity contribution >= 4 is 50.8 Å². The average molecular weight is 452 g/mol. The van der Waals surface area contributed by atoms with Crippen molar-refractivity contribution in [1.29, 1.82) is 0 Å². The summed E-state index contributed by atoms with van der Waals surface area (Å²) in [4.78, 5) is 17.3. The molecule has 0 saturated carbocycles. The number of aromatic nitrogens is 1. The summed E-state index contributed by atoms with van der Waals surface area (Å²) in [6.07, 6.45) is 0. The molecule has 162 valence electrons. The third kappa shape index (κ3) is 4.33. The van der Waals surface area contributed by atoms with Gasteiger partial charge in [-0.2, -0.15) is 0 Å². The Balaban J connectivity index is 1.31. The topological polar surface area (TPSA) is 67.2 Å². The lowest BCUT2D eigenvalue weighted by Gasteiger charge is -2.10. The molecule has 1 heterocycles. The van der Waals surface area contributed by atoms with Crippen LogP contribution in [0.15, 0.2) is 83.3 Å². The van der Waals surface area contributed by atoms with Crippen molar-refractivity contribution in [2.24, 2.45) is 0 Å². The molecule has 6 heteroatoms. The Kier molecular flexibility index (Phi) is 5.36. The summed E-state index contributed by atoms with van der Waals surface area (Å²) in [5.74, 6) is 0.310. The summed E-state index contributed by atoms with van der Waals surface area (Å²) in [6.45, 7) is 4.10. The number of amides is 1. The summed E-state index contributed by atoms with van der Waals surface area (Å²) >= 11 is 5.36. The normalized spacial score (nSPS) is 11.0. The largest absolute Gasteiger partial charge is 0.436 e. The third-order valence-corrected chi connectivity index (χ3v) is 5.70. The third-order valence-electron chi connectivity index (χ3n) is 5.50. The van der Waals surface area contributed by atoms with E-state index in [4.69, 9.17) is 16.6 Å². The first-order chi connectivity index (χ1) is 16.0. The van der Waals surface area contributed by atoms with Gasteiger partial charge in [-0.15, -0.1) is 0 Å². The van der Waals surface area contributed by atoms with E-state index in [0.29, 0.717) is 28.2 Å². The molecule has 5 rings (SSSR count). The van der Waals surface area contributed by atoms with Gasteiger partial charge in [-0.3, -0.25) is 10.1 Å². The number of hydrogen-bond acceptors (Lipinski definition) is 4. The Labute approximate surface area is 196 Å². The minimum Gasteiger partial charge on any atom is -0.436 e. The fourth-order valence-electron chi connectivity index (χ4n) is 3.84. The summed E-state index contributed by atoms with van der Waals surface area (Å²) in [7, 11) is 0. The van der Waals surface area contributed by atoms with Crippen LogP contribution in [0.4, 0.5) is 5.69 Å². The second-order valence-corrected chi connectivity index (χ2v) is 8.40. The number of anilines is 1. The second kappa shape index (κ2) is 8.48. The van der Waals surface area contributed by atoms with E-state index in [1.165, 1.54) is 5.56 Å². The van der Waals surface area contributed by atoms with E-state index < -0.39 is 0 Å². The van der Waals surface area contributed by atoms with Gasteiger partial charge in [0.2, 0.25) is 5.89 Å². The average Bonchev–Trinajstić information content (AvgIpc) is 3.21. The van der Waals surface area contributed by atoms with Crippen LogP contribution in [0.3, 0.4) is 0 Å². The zero-order chi connectivity index (χ0) is 22.9. The van der Waals surface area contributed by atoms with E-state index in [-0.39, 0.29) is 11.0 Å². The summed E-state index contributed by atoms with van der Waals surface area (Å²) in [6, 6.07) is 25.2. The number of aryl methyl sites for hydroxylation is 2. The molecule has 0 aliphatic rings. The number of benzene rings is 4. The van der Waals surface area contributed by atoms with Gasteiger partial charge >= 0.3 is 0 Å². The first-order valence-corrected chi connectivity index (χ1v) is 11.0. The van der Waals surface area contributed by atoms with Gasteiger partial charge in [-0.1, -0.05) is 48.0 Å². The van der Waals surface area contributed by atoms with Crippen LogP contribution >= 0.6 is 12.2 Å². The predicted octanol–water partition coefficient (Wildman–Crippen LogP) is 6.39. The molecule has 1 aromatic heterocycles. The lowest BCUT2D eigenvalue weighted by molar-refractivity contribution is 0.0978. The van der Waals surface area contributed by atoms with Crippen molar-refractivity contribution < 1.29 is 9.21 Å². The number of carbonyl (C=O) groups is 1. The molecule has 0 atom stereocenters. The molecule has 0 radical (unpaired) electrons. The Morgan fingerprint density at radius 1 is 0.909 bits per heavy atom. The van der Waals surface area contributed by atoms with Crippen molar-refractivity contribution in [2.45, 2.75) is 13.8 Å². The first-order valence-electron chi connectivity index (χ1n) is 10.6. The van der Waals surface area contributed by atoms with Crippen molar-refractivity contribution in [2.75, 3.05) is 5.32 Å². The molecule has 5 nitrogen and oxygen atoms in total. The van der Waals surface area contributed by atoms with Gasteiger partial charge < -0.3 is 9.73 Å². The van der Waals surface area contributed by atoms with Crippen LogP contribution in [0.1, 0.15) is 21.5 Å². The Hall–Kier alpha value is -4.03. The van der Waals surface area contributed by atoms with Gasteiger partial charge in [-0.25, -0.2) is 4.98 Å². The van der Waals surface area contributed by atoms with Gasteiger partial charge in [0, 0.05) is 16.8 Å². The van der Waals surface area contributed by atoms with Crippen LogP contribution in [0.2, 0.25) is 0 Å². The fraction of sp³-hybridized carbons (Fsp3) is 0.0741. The van der Waals surface area contributed by atoms with E-state index in [0.717, 1.165) is 21.9 Å². The molecule has 0 aliphatic heterocycles. The molecule has 2 N–H and O–H groups in total. The van der Waals surface area contributed by atoms with Gasteiger partial charge in [0.1, 0.15) is 5.52 Å². The maximum absolute atomic E-state index is 12.7. The molecule has 33 heavy (non-hydrogen) atoms. The lowest BCUT2D eigenvalue weighted by Crippen LogP contribution is -2.34. The van der Waals surface area contributed by atoms with Crippen LogP contribution in [0.25, 0.3) is 33.3 Å². The number of nitrogens with zero attached hydrogens (tertiary/aromatic N) is 1. The summed E-state index contributed by atoms with van der Waals surface area (Å²) in [5.41, 5.74) is 5.91. The highest BCUT2D eigenvalue weighted by atomic mass is 32.1. The monoisotopic (exact) mass is 451 g/mol. The van der Waals surface area contributed by atoms with E-state index >= 15 is 0 Å².